The Hall–Kier alpha value is -1.45. The molecule has 0 amide bonds. The van der Waals surface area contributed by atoms with Crippen LogP contribution in [0.5, 0.6) is 0 Å². The molecule has 3 aromatic rings. The van der Waals surface area contributed by atoms with Crippen LogP contribution < -0.4 is 5.32 Å². The molecule has 1 aliphatic heterocycles. The first-order chi connectivity index (χ1) is 13.5. The second-order valence-electron chi connectivity index (χ2n) is 7.16. The molecule has 1 fully saturated rings. The number of halogens is 5. The van der Waals surface area contributed by atoms with Gasteiger partial charge in [0.25, 0.3) is 0 Å². The highest BCUT2D eigenvalue weighted by Gasteiger charge is 2.22. The average molecular weight is 483 g/mol. The lowest BCUT2D eigenvalue weighted by atomic mass is 9.97. The van der Waals surface area contributed by atoms with Gasteiger partial charge in [-0.1, -0.05) is 11.6 Å². The van der Waals surface area contributed by atoms with Crippen LogP contribution in [0.15, 0.2) is 30.9 Å². The SMILES string of the molecule is Cl.Cl.O[C@H]1CCCN[C@@H]1CCCn1cnc2cc(Cl)cc(-c3cnn(C(F)F)c3)c21. The van der Waals surface area contributed by atoms with E-state index in [0.29, 0.717) is 27.3 Å². The van der Waals surface area contributed by atoms with Crippen molar-refractivity contribution < 1.29 is 13.9 Å². The Labute approximate surface area is 190 Å². The number of fused-ring (bicyclic) bond motifs is 1. The van der Waals surface area contributed by atoms with E-state index in [4.69, 9.17) is 11.6 Å². The number of alkyl halides is 2. The van der Waals surface area contributed by atoms with E-state index >= 15 is 0 Å². The number of rotatable bonds is 6. The minimum absolute atomic E-state index is 0. The molecule has 6 nitrogen and oxygen atoms in total. The predicted molar refractivity (Wildman–Crippen MR) is 118 cm³/mol. The summed E-state index contributed by atoms with van der Waals surface area (Å²) in [6.45, 7) is -1.05. The molecule has 0 spiro atoms. The number of nitrogens with zero attached hydrogens (tertiary/aromatic N) is 4. The second-order valence-corrected chi connectivity index (χ2v) is 7.59. The molecule has 0 radical (unpaired) electrons. The maximum absolute atomic E-state index is 12.9. The molecule has 0 unspecified atom stereocenters. The standard InChI is InChI=1S/C19H22ClF2N5O.2ClH/c20-13-7-14(12-9-25-27(10-12)19(21)22)18-16(8-13)24-11-26(18)6-2-3-15-17(28)4-1-5-23-15;;/h7-11,15,17,19,23,28H,1-6H2;2*1H/t15-,17+;;/m1../s1. The quantitative estimate of drug-likeness (QED) is 0.535. The van der Waals surface area contributed by atoms with Gasteiger partial charge in [-0.05, 0) is 44.4 Å². The Morgan fingerprint density at radius 3 is 2.80 bits per heavy atom. The normalized spacial score (nSPS) is 19.0. The van der Waals surface area contributed by atoms with E-state index in [0.717, 1.165) is 43.3 Å². The minimum Gasteiger partial charge on any atom is -0.392 e. The van der Waals surface area contributed by atoms with E-state index in [9.17, 15) is 13.9 Å². The molecule has 0 bridgehead atoms. The first kappa shape index (κ1) is 24.8. The van der Waals surface area contributed by atoms with Gasteiger partial charge in [-0.2, -0.15) is 13.9 Å². The number of aromatic nitrogens is 4. The van der Waals surface area contributed by atoms with E-state index < -0.39 is 6.55 Å². The summed E-state index contributed by atoms with van der Waals surface area (Å²) >= 11 is 6.21. The van der Waals surface area contributed by atoms with E-state index in [1.165, 1.54) is 12.4 Å². The maximum atomic E-state index is 12.9. The minimum atomic E-state index is -2.69. The molecule has 4 rings (SSSR count). The van der Waals surface area contributed by atoms with Gasteiger partial charge in [0.2, 0.25) is 0 Å². The van der Waals surface area contributed by atoms with Crippen molar-refractivity contribution in [1.82, 2.24) is 24.6 Å². The van der Waals surface area contributed by atoms with Crippen LogP contribution in [0.1, 0.15) is 32.2 Å². The summed E-state index contributed by atoms with van der Waals surface area (Å²) in [5.41, 5.74) is 2.85. The summed E-state index contributed by atoms with van der Waals surface area (Å²) in [6.07, 6.45) is 7.72. The van der Waals surface area contributed by atoms with Crippen LogP contribution in [-0.2, 0) is 6.54 Å². The van der Waals surface area contributed by atoms with Crippen molar-refractivity contribution in [2.45, 2.75) is 50.9 Å². The third kappa shape index (κ3) is 5.23. The molecule has 2 atom stereocenters. The highest BCUT2D eigenvalue weighted by atomic mass is 35.5. The lowest BCUT2D eigenvalue weighted by Gasteiger charge is -2.29. The second kappa shape index (κ2) is 10.7. The van der Waals surface area contributed by atoms with E-state index in [-0.39, 0.29) is 37.0 Å². The predicted octanol–water partition coefficient (Wildman–Crippen LogP) is 4.69. The van der Waals surface area contributed by atoms with Gasteiger partial charge < -0.3 is 15.0 Å². The Morgan fingerprint density at radius 2 is 2.10 bits per heavy atom. The van der Waals surface area contributed by atoms with Crippen LogP contribution in [0.2, 0.25) is 5.02 Å². The van der Waals surface area contributed by atoms with Gasteiger partial charge in [0.05, 0.1) is 29.7 Å². The van der Waals surface area contributed by atoms with Gasteiger partial charge >= 0.3 is 6.55 Å². The van der Waals surface area contributed by atoms with Crippen LogP contribution >= 0.6 is 36.4 Å². The highest BCUT2D eigenvalue weighted by molar-refractivity contribution is 6.31. The van der Waals surface area contributed by atoms with Crippen LogP contribution in [-0.4, -0.2) is 43.1 Å². The summed E-state index contributed by atoms with van der Waals surface area (Å²) in [5.74, 6) is 0. The van der Waals surface area contributed by atoms with Crippen molar-refractivity contribution in [1.29, 1.82) is 0 Å². The third-order valence-electron chi connectivity index (χ3n) is 5.25. The highest BCUT2D eigenvalue weighted by Crippen LogP contribution is 2.32. The number of hydrogen-bond acceptors (Lipinski definition) is 4. The number of imidazole rings is 1. The fourth-order valence-electron chi connectivity index (χ4n) is 3.86. The van der Waals surface area contributed by atoms with Crippen LogP contribution in [0.4, 0.5) is 8.78 Å². The molecular formula is C19H24Cl3F2N5O. The zero-order chi connectivity index (χ0) is 19.7. The molecule has 1 aromatic carbocycles. The summed E-state index contributed by atoms with van der Waals surface area (Å²) in [7, 11) is 0. The van der Waals surface area contributed by atoms with E-state index in [2.05, 4.69) is 15.4 Å². The van der Waals surface area contributed by atoms with Crippen molar-refractivity contribution >= 4 is 47.4 Å². The number of aliphatic hydroxyl groups is 1. The summed E-state index contributed by atoms with van der Waals surface area (Å²) < 4.78 is 28.5. The largest absolute Gasteiger partial charge is 0.392 e. The van der Waals surface area contributed by atoms with Crippen LogP contribution in [0.3, 0.4) is 0 Å². The van der Waals surface area contributed by atoms with Crippen molar-refractivity contribution in [2.75, 3.05) is 6.54 Å². The number of benzene rings is 1. The molecule has 166 valence electrons. The van der Waals surface area contributed by atoms with Gasteiger partial charge in [-0.25, -0.2) is 9.67 Å². The van der Waals surface area contributed by atoms with Gasteiger partial charge in [-0.15, -0.1) is 24.8 Å². The van der Waals surface area contributed by atoms with Gasteiger partial charge in [0.15, 0.2) is 0 Å². The van der Waals surface area contributed by atoms with Gasteiger partial charge in [-0.3, -0.25) is 0 Å². The topological polar surface area (TPSA) is 67.9 Å². The van der Waals surface area contributed by atoms with E-state index in [1.54, 1.807) is 18.5 Å². The Kier molecular flexibility index (Phi) is 8.87. The number of nitrogens with one attached hydrogen (secondary N) is 1. The third-order valence-corrected chi connectivity index (χ3v) is 5.47. The average Bonchev–Trinajstić information content (AvgIpc) is 3.30. The number of aryl methyl sites for hydroxylation is 1. The molecule has 30 heavy (non-hydrogen) atoms. The zero-order valence-corrected chi connectivity index (χ0v) is 18.4. The smallest absolute Gasteiger partial charge is 0.333 e. The van der Waals surface area contributed by atoms with E-state index in [1.807, 2.05) is 4.57 Å². The van der Waals surface area contributed by atoms with Gasteiger partial charge in [0.1, 0.15) is 0 Å². The summed E-state index contributed by atoms with van der Waals surface area (Å²) in [4.78, 5) is 4.43. The van der Waals surface area contributed by atoms with Crippen LogP contribution in [0.25, 0.3) is 22.2 Å². The van der Waals surface area contributed by atoms with Gasteiger partial charge in [0, 0.05) is 34.9 Å². The van der Waals surface area contributed by atoms with Crippen molar-refractivity contribution in [3.63, 3.8) is 0 Å². The summed E-state index contributed by atoms with van der Waals surface area (Å²) in [5, 5.41) is 17.7. The molecule has 2 aromatic heterocycles. The first-order valence-electron chi connectivity index (χ1n) is 9.41. The lowest BCUT2D eigenvalue weighted by molar-refractivity contribution is 0.0566. The molecule has 0 aliphatic carbocycles. The molecule has 11 heteroatoms. The molecule has 1 saturated heterocycles. The Morgan fingerprint density at radius 1 is 1.30 bits per heavy atom. The molecular weight excluding hydrogens is 459 g/mol. The number of piperidine rings is 1. The van der Waals surface area contributed by atoms with Crippen molar-refractivity contribution in [2.24, 2.45) is 0 Å². The lowest BCUT2D eigenvalue weighted by Crippen LogP contribution is -2.44. The fourth-order valence-corrected chi connectivity index (χ4v) is 4.07. The molecule has 0 saturated carbocycles. The van der Waals surface area contributed by atoms with Crippen molar-refractivity contribution in [3.8, 4) is 11.1 Å². The Bertz CT molecular complexity index is 965. The molecule has 2 N–H and O–H groups in total. The maximum Gasteiger partial charge on any atom is 0.333 e. The van der Waals surface area contributed by atoms with Crippen molar-refractivity contribution in [3.05, 3.63) is 35.9 Å². The van der Waals surface area contributed by atoms with Crippen LogP contribution in [0, 0.1) is 0 Å². The summed E-state index contributed by atoms with van der Waals surface area (Å²) in [6, 6.07) is 3.63. The fraction of sp³-hybridized carbons (Fsp3) is 0.474. The zero-order valence-electron chi connectivity index (χ0n) is 16.0. The monoisotopic (exact) mass is 481 g/mol. The number of aliphatic hydroxyl groups excluding tert-OH is 1. The first-order valence-corrected chi connectivity index (χ1v) is 9.79. The number of hydrogen-bond donors (Lipinski definition) is 2. The Balaban J connectivity index is 0.00000160. The molecule has 1 aliphatic rings. The molecule has 3 heterocycles.